The topological polar surface area (TPSA) is 18.5 Å². The van der Waals surface area contributed by atoms with E-state index in [0.29, 0.717) is 10.8 Å². The molecule has 3 heteroatoms. The van der Waals surface area contributed by atoms with Gasteiger partial charge in [0.15, 0.2) is 11.5 Å². The first-order valence-electron chi connectivity index (χ1n) is 5.04. The Bertz CT molecular complexity index is 380. The molecule has 0 fully saturated rings. The zero-order valence-electron chi connectivity index (χ0n) is 9.26. The van der Waals surface area contributed by atoms with Gasteiger partial charge < -0.3 is 9.47 Å². The van der Waals surface area contributed by atoms with Crippen LogP contribution in [0.5, 0.6) is 11.5 Å². The number of benzene rings is 1. The van der Waals surface area contributed by atoms with Crippen LogP contribution in [0.3, 0.4) is 0 Å². The van der Waals surface area contributed by atoms with Crippen LogP contribution in [0.2, 0.25) is 5.02 Å². The number of hydrogen-bond donors (Lipinski definition) is 0. The van der Waals surface area contributed by atoms with Crippen LogP contribution in [0.15, 0.2) is 12.1 Å². The van der Waals surface area contributed by atoms with Gasteiger partial charge in [-0.1, -0.05) is 38.4 Å². The van der Waals surface area contributed by atoms with Gasteiger partial charge in [0.2, 0.25) is 6.79 Å². The van der Waals surface area contributed by atoms with Crippen LogP contribution in [0.4, 0.5) is 0 Å². The molecule has 1 aliphatic rings. The van der Waals surface area contributed by atoms with Gasteiger partial charge in [-0.15, -0.1) is 0 Å². The maximum atomic E-state index is 6.26. The molecular weight excluding hydrogens is 212 g/mol. The molecule has 0 N–H and O–H groups in total. The molecule has 0 saturated carbocycles. The molecule has 0 unspecified atom stereocenters. The van der Waals surface area contributed by atoms with Crippen molar-refractivity contribution in [3.05, 3.63) is 22.7 Å². The number of ether oxygens (including phenoxy) is 2. The third kappa shape index (κ3) is 2.20. The maximum absolute atomic E-state index is 6.26. The van der Waals surface area contributed by atoms with Crippen molar-refractivity contribution < 1.29 is 9.47 Å². The molecule has 2 nitrogen and oxygen atoms in total. The third-order valence-corrected chi connectivity index (χ3v) is 2.69. The molecule has 82 valence electrons. The van der Waals surface area contributed by atoms with E-state index in [1.165, 1.54) is 0 Å². The maximum Gasteiger partial charge on any atom is 0.231 e. The molecule has 1 aromatic carbocycles. The molecule has 1 heterocycles. The second-order valence-corrected chi connectivity index (χ2v) is 5.39. The van der Waals surface area contributed by atoms with Gasteiger partial charge in [0, 0.05) is 0 Å². The molecule has 0 amide bonds. The second kappa shape index (κ2) is 3.60. The standard InChI is InChI=1S/C12H15ClO2/c1-12(2,3)6-8-4-5-9-11(10(8)13)15-7-14-9/h4-5H,6-7H2,1-3H3. The summed E-state index contributed by atoms with van der Waals surface area (Å²) in [5, 5.41) is 0.694. The summed E-state index contributed by atoms with van der Waals surface area (Å²) in [4.78, 5) is 0. The molecule has 0 aromatic heterocycles. The number of rotatable bonds is 1. The highest BCUT2D eigenvalue weighted by atomic mass is 35.5. The fourth-order valence-corrected chi connectivity index (χ4v) is 1.96. The SMILES string of the molecule is CC(C)(C)Cc1ccc2c(c1Cl)OCO2. The van der Waals surface area contributed by atoms with Gasteiger partial charge in [0.25, 0.3) is 0 Å². The van der Waals surface area contributed by atoms with Gasteiger partial charge in [-0.2, -0.15) is 0 Å². The Kier molecular flexibility index (Phi) is 2.55. The van der Waals surface area contributed by atoms with Gasteiger partial charge >= 0.3 is 0 Å². The highest BCUT2D eigenvalue weighted by molar-refractivity contribution is 6.33. The Morgan fingerprint density at radius 2 is 2.00 bits per heavy atom. The molecule has 0 aliphatic carbocycles. The Labute approximate surface area is 95.1 Å². The summed E-state index contributed by atoms with van der Waals surface area (Å²) >= 11 is 6.26. The van der Waals surface area contributed by atoms with E-state index >= 15 is 0 Å². The summed E-state index contributed by atoms with van der Waals surface area (Å²) in [7, 11) is 0. The van der Waals surface area contributed by atoms with Gasteiger partial charge in [-0.05, 0) is 23.5 Å². The quantitative estimate of drug-likeness (QED) is 0.728. The molecule has 15 heavy (non-hydrogen) atoms. The highest BCUT2D eigenvalue weighted by Gasteiger charge is 2.22. The summed E-state index contributed by atoms with van der Waals surface area (Å²) in [5.74, 6) is 1.44. The first-order valence-corrected chi connectivity index (χ1v) is 5.42. The summed E-state index contributed by atoms with van der Waals surface area (Å²) in [6.07, 6.45) is 0.933. The monoisotopic (exact) mass is 226 g/mol. The van der Waals surface area contributed by atoms with Crippen LogP contribution in [-0.2, 0) is 6.42 Å². The smallest absolute Gasteiger partial charge is 0.231 e. The van der Waals surface area contributed by atoms with E-state index in [9.17, 15) is 0 Å². The summed E-state index contributed by atoms with van der Waals surface area (Å²) in [6, 6.07) is 3.94. The molecule has 0 radical (unpaired) electrons. The molecular formula is C12H15ClO2. The average Bonchev–Trinajstić information content (AvgIpc) is 2.56. The molecule has 1 aliphatic heterocycles. The highest BCUT2D eigenvalue weighted by Crippen LogP contribution is 2.42. The summed E-state index contributed by atoms with van der Waals surface area (Å²) in [6.45, 7) is 6.84. The van der Waals surface area contributed by atoms with Crippen molar-refractivity contribution in [1.82, 2.24) is 0 Å². The van der Waals surface area contributed by atoms with Crippen molar-refractivity contribution in [1.29, 1.82) is 0 Å². The van der Waals surface area contributed by atoms with Gasteiger partial charge in [0.05, 0.1) is 5.02 Å². The fraction of sp³-hybridized carbons (Fsp3) is 0.500. The zero-order chi connectivity index (χ0) is 11.1. The van der Waals surface area contributed by atoms with Crippen molar-refractivity contribution in [2.24, 2.45) is 5.41 Å². The average molecular weight is 227 g/mol. The number of halogens is 1. The van der Waals surface area contributed by atoms with Crippen molar-refractivity contribution in [3.63, 3.8) is 0 Å². The number of hydrogen-bond acceptors (Lipinski definition) is 2. The van der Waals surface area contributed by atoms with E-state index in [1.807, 2.05) is 12.1 Å². The molecule has 0 spiro atoms. The van der Waals surface area contributed by atoms with Crippen molar-refractivity contribution >= 4 is 11.6 Å². The Morgan fingerprint density at radius 1 is 1.27 bits per heavy atom. The van der Waals surface area contributed by atoms with Crippen LogP contribution < -0.4 is 9.47 Å². The fourth-order valence-electron chi connectivity index (χ4n) is 1.69. The summed E-state index contributed by atoms with van der Waals surface area (Å²) in [5.41, 5.74) is 1.34. The van der Waals surface area contributed by atoms with Crippen LogP contribution >= 0.6 is 11.6 Å². The molecule has 0 atom stereocenters. The lowest BCUT2D eigenvalue weighted by molar-refractivity contribution is 0.174. The van der Waals surface area contributed by atoms with Gasteiger partial charge in [0.1, 0.15) is 0 Å². The molecule has 0 saturated heterocycles. The van der Waals surface area contributed by atoms with E-state index in [-0.39, 0.29) is 12.2 Å². The summed E-state index contributed by atoms with van der Waals surface area (Å²) < 4.78 is 10.6. The largest absolute Gasteiger partial charge is 0.454 e. The third-order valence-electron chi connectivity index (χ3n) is 2.28. The minimum absolute atomic E-state index is 0.220. The Morgan fingerprint density at radius 3 is 2.67 bits per heavy atom. The lowest BCUT2D eigenvalue weighted by Gasteiger charge is -2.19. The molecule has 2 rings (SSSR count). The molecule has 0 bridgehead atoms. The van der Waals surface area contributed by atoms with Crippen LogP contribution in [0.1, 0.15) is 26.3 Å². The first kappa shape index (κ1) is 10.6. The van der Waals surface area contributed by atoms with E-state index < -0.39 is 0 Å². The zero-order valence-corrected chi connectivity index (χ0v) is 10.0. The van der Waals surface area contributed by atoms with Gasteiger partial charge in [-0.25, -0.2) is 0 Å². The van der Waals surface area contributed by atoms with E-state index in [1.54, 1.807) is 0 Å². The van der Waals surface area contributed by atoms with Crippen LogP contribution in [0, 0.1) is 5.41 Å². The Balaban J connectivity index is 2.34. The van der Waals surface area contributed by atoms with Crippen LogP contribution in [-0.4, -0.2) is 6.79 Å². The Hall–Kier alpha value is -0.890. The number of fused-ring (bicyclic) bond motifs is 1. The van der Waals surface area contributed by atoms with Crippen molar-refractivity contribution in [2.45, 2.75) is 27.2 Å². The predicted molar refractivity (Wildman–Crippen MR) is 60.7 cm³/mol. The van der Waals surface area contributed by atoms with Crippen LogP contribution in [0.25, 0.3) is 0 Å². The van der Waals surface area contributed by atoms with Gasteiger partial charge in [-0.3, -0.25) is 0 Å². The molecule has 1 aromatic rings. The van der Waals surface area contributed by atoms with E-state index in [0.717, 1.165) is 17.7 Å². The minimum Gasteiger partial charge on any atom is -0.454 e. The van der Waals surface area contributed by atoms with Crippen molar-refractivity contribution in [3.8, 4) is 11.5 Å². The van der Waals surface area contributed by atoms with Crippen molar-refractivity contribution in [2.75, 3.05) is 6.79 Å². The lowest BCUT2D eigenvalue weighted by atomic mass is 9.88. The predicted octanol–water partition coefficient (Wildman–Crippen LogP) is 3.66. The first-order chi connectivity index (χ1) is 6.97. The lowest BCUT2D eigenvalue weighted by Crippen LogP contribution is -2.09. The second-order valence-electron chi connectivity index (χ2n) is 5.01. The normalized spacial score (nSPS) is 14.4. The van der Waals surface area contributed by atoms with E-state index in [4.69, 9.17) is 21.1 Å². The van der Waals surface area contributed by atoms with E-state index in [2.05, 4.69) is 20.8 Å². The minimum atomic E-state index is 0.220.